The van der Waals surface area contributed by atoms with E-state index in [2.05, 4.69) is 39.8 Å². The Morgan fingerprint density at radius 2 is 1.68 bits per heavy atom. The van der Waals surface area contributed by atoms with Crippen LogP contribution in [0.4, 0.5) is 5.69 Å². The zero-order valence-electron chi connectivity index (χ0n) is 19.4. The van der Waals surface area contributed by atoms with Crippen molar-refractivity contribution in [1.29, 1.82) is 0 Å². The Morgan fingerprint density at radius 1 is 0.941 bits per heavy atom. The highest BCUT2D eigenvalue weighted by Crippen LogP contribution is 2.30. The molecule has 2 amide bonds. The molecule has 0 bridgehead atoms. The molecule has 1 aliphatic rings. The maximum atomic E-state index is 12.7. The Labute approximate surface area is 198 Å². The summed E-state index contributed by atoms with van der Waals surface area (Å²) in [5.74, 6) is -0.448. The third kappa shape index (κ3) is 5.30. The second-order valence-corrected chi connectivity index (χ2v) is 7.97. The lowest BCUT2D eigenvalue weighted by Gasteiger charge is -2.35. The molecule has 0 saturated carbocycles. The van der Waals surface area contributed by atoms with E-state index < -0.39 is 11.8 Å². The van der Waals surface area contributed by atoms with Crippen LogP contribution in [-0.2, 0) is 14.3 Å². The molecular weight excluding hydrogens is 434 g/mol. The van der Waals surface area contributed by atoms with Crippen LogP contribution in [0.15, 0.2) is 60.7 Å². The van der Waals surface area contributed by atoms with Crippen LogP contribution in [0.5, 0.6) is 11.5 Å². The predicted octanol–water partition coefficient (Wildman–Crippen LogP) is 2.99. The van der Waals surface area contributed by atoms with Crippen molar-refractivity contribution >= 4 is 28.3 Å². The summed E-state index contributed by atoms with van der Waals surface area (Å²) in [4.78, 5) is 27.5. The second-order valence-electron chi connectivity index (χ2n) is 7.97. The van der Waals surface area contributed by atoms with Crippen LogP contribution >= 0.6 is 0 Å². The molecule has 0 radical (unpaired) electrons. The first-order valence-corrected chi connectivity index (χ1v) is 11.2. The lowest BCUT2D eigenvalue weighted by Crippen LogP contribution is -2.45. The van der Waals surface area contributed by atoms with E-state index in [1.54, 1.807) is 18.2 Å². The maximum Gasteiger partial charge on any atom is 0.313 e. The van der Waals surface area contributed by atoms with E-state index in [-0.39, 0.29) is 6.04 Å². The lowest BCUT2D eigenvalue weighted by molar-refractivity contribution is -0.136. The van der Waals surface area contributed by atoms with E-state index in [1.807, 2.05) is 18.2 Å². The van der Waals surface area contributed by atoms with E-state index >= 15 is 0 Å². The van der Waals surface area contributed by atoms with Gasteiger partial charge in [-0.2, -0.15) is 0 Å². The summed E-state index contributed by atoms with van der Waals surface area (Å²) in [6.45, 7) is 3.07. The number of hydrogen-bond donors (Lipinski definition) is 2. The number of nitrogens with zero attached hydrogens (tertiary/aromatic N) is 1. The fourth-order valence-corrected chi connectivity index (χ4v) is 4.24. The summed E-state index contributed by atoms with van der Waals surface area (Å²) in [7, 11) is 3.04. The molecule has 8 nitrogen and oxygen atoms in total. The quantitative estimate of drug-likeness (QED) is 0.524. The fraction of sp³-hybridized carbons (Fsp3) is 0.308. The smallest absolute Gasteiger partial charge is 0.313 e. The topological polar surface area (TPSA) is 89.1 Å². The molecule has 3 aromatic rings. The minimum atomic E-state index is -0.745. The zero-order chi connectivity index (χ0) is 23.9. The van der Waals surface area contributed by atoms with Crippen molar-refractivity contribution in [3.8, 4) is 11.5 Å². The number of benzene rings is 3. The summed E-state index contributed by atoms with van der Waals surface area (Å²) < 4.78 is 16.0. The number of rotatable bonds is 7. The largest absolute Gasteiger partial charge is 0.493 e. The van der Waals surface area contributed by atoms with Gasteiger partial charge in [0.15, 0.2) is 11.5 Å². The Morgan fingerprint density at radius 3 is 2.44 bits per heavy atom. The average molecular weight is 464 g/mol. The first kappa shape index (κ1) is 23.5. The number of carbonyl (C=O) groups is 2. The van der Waals surface area contributed by atoms with Crippen LogP contribution in [-0.4, -0.2) is 63.8 Å². The average Bonchev–Trinajstić information content (AvgIpc) is 2.89. The van der Waals surface area contributed by atoms with Crippen molar-refractivity contribution < 1.29 is 23.8 Å². The van der Waals surface area contributed by atoms with Crippen molar-refractivity contribution in [1.82, 2.24) is 10.2 Å². The molecule has 2 N–H and O–H groups in total. The second kappa shape index (κ2) is 11.0. The van der Waals surface area contributed by atoms with Gasteiger partial charge in [-0.25, -0.2) is 0 Å². The molecular formula is C26H29N3O5. The van der Waals surface area contributed by atoms with Gasteiger partial charge in [0.2, 0.25) is 0 Å². The summed E-state index contributed by atoms with van der Waals surface area (Å²) >= 11 is 0. The molecule has 0 spiro atoms. The van der Waals surface area contributed by atoms with Crippen LogP contribution in [0.2, 0.25) is 0 Å². The van der Waals surface area contributed by atoms with Gasteiger partial charge in [0.1, 0.15) is 0 Å². The van der Waals surface area contributed by atoms with Crippen molar-refractivity contribution in [2.24, 2.45) is 0 Å². The monoisotopic (exact) mass is 463 g/mol. The molecule has 1 aliphatic heterocycles. The van der Waals surface area contributed by atoms with Gasteiger partial charge >= 0.3 is 11.8 Å². The van der Waals surface area contributed by atoms with Crippen LogP contribution in [0.3, 0.4) is 0 Å². The third-order valence-electron chi connectivity index (χ3n) is 5.97. The van der Waals surface area contributed by atoms with E-state index in [9.17, 15) is 9.59 Å². The predicted molar refractivity (Wildman–Crippen MR) is 130 cm³/mol. The molecule has 1 saturated heterocycles. The number of amides is 2. The van der Waals surface area contributed by atoms with Gasteiger partial charge in [-0.1, -0.05) is 42.5 Å². The summed E-state index contributed by atoms with van der Waals surface area (Å²) in [5.41, 5.74) is 1.55. The first-order chi connectivity index (χ1) is 16.6. The number of nitrogens with one attached hydrogen (secondary N) is 2. The number of fused-ring (bicyclic) bond motifs is 1. The van der Waals surface area contributed by atoms with Crippen molar-refractivity contribution in [2.45, 2.75) is 6.04 Å². The molecule has 1 atom stereocenters. The van der Waals surface area contributed by atoms with E-state index in [0.29, 0.717) is 36.9 Å². The van der Waals surface area contributed by atoms with E-state index in [4.69, 9.17) is 14.2 Å². The molecule has 4 rings (SSSR count). The van der Waals surface area contributed by atoms with Gasteiger partial charge in [-0.05, 0) is 28.5 Å². The maximum absolute atomic E-state index is 12.7. The van der Waals surface area contributed by atoms with Gasteiger partial charge in [-0.15, -0.1) is 0 Å². The van der Waals surface area contributed by atoms with Gasteiger partial charge in [0.25, 0.3) is 0 Å². The van der Waals surface area contributed by atoms with E-state index in [0.717, 1.165) is 29.4 Å². The number of ether oxygens (including phenoxy) is 3. The molecule has 34 heavy (non-hydrogen) atoms. The molecule has 0 aliphatic carbocycles. The molecule has 1 heterocycles. The summed E-state index contributed by atoms with van der Waals surface area (Å²) in [6, 6.07) is 19.2. The summed E-state index contributed by atoms with van der Waals surface area (Å²) in [5, 5.41) is 7.71. The van der Waals surface area contributed by atoms with Crippen molar-refractivity contribution in [2.75, 3.05) is 52.4 Å². The third-order valence-corrected chi connectivity index (χ3v) is 5.97. The zero-order valence-corrected chi connectivity index (χ0v) is 19.4. The molecule has 178 valence electrons. The SMILES string of the molecule is COc1ccc(NC(=O)C(=O)NC[C@@H](c2cccc3ccccc23)N2CCOCC2)cc1OC. The molecule has 0 aromatic heterocycles. The lowest BCUT2D eigenvalue weighted by atomic mass is 9.97. The Kier molecular flexibility index (Phi) is 7.61. The first-order valence-electron chi connectivity index (χ1n) is 11.2. The van der Waals surface area contributed by atoms with E-state index in [1.165, 1.54) is 14.2 Å². The van der Waals surface area contributed by atoms with Gasteiger partial charge in [-0.3, -0.25) is 14.5 Å². The molecule has 3 aromatic carbocycles. The molecule has 1 fully saturated rings. The fourth-order valence-electron chi connectivity index (χ4n) is 4.24. The highest BCUT2D eigenvalue weighted by Gasteiger charge is 2.26. The number of methoxy groups -OCH3 is 2. The normalized spacial score (nSPS) is 14.9. The minimum absolute atomic E-state index is 0.0900. The highest BCUT2D eigenvalue weighted by atomic mass is 16.5. The van der Waals surface area contributed by atoms with Gasteiger partial charge in [0, 0.05) is 31.4 Å². The van der Waals surface area contributed by atoms with Crippen molar-refractivity contribution in [3.05, 3.63) is 66.2 Å². The highest BCUT2D eigenvalue weighted by molar-refractivity contribution is 6.39. The Bertz CT molecular complexity index is 1150. The number of hydrogen-bond acceptors (Lipinski definition) is 6. The minimum Gasteiger partial charge on any atom is -0.493 e. The number of carbonyl (C=O) groups excluding carboxylic acids is 2. The Hall–Kier alpha value is -3.62. The van der Waals surface area contributed by atoms with Gasteiger partial charge in [0.05, 0.1) is 33.5 Å². The van der Waals surface area contributed by atoms with Crippen LogP contribution in [0.1, 0.15) is 11.6 Å². The molecule has 8 heteroatoms. The van der Waals surface area contributed by atoms with Crippen LogP contribution in [0.25, 0.3) is 10.8 Å². The number of anilines is 1. The van der Waals surface area contributed by atoms with Crippen LogP contribution < -0.4 is 20.1 Å². The van der Waals surface area contributed by atoms with Gasteiger partial charge < -0.3 is 24.8 Å². The summed E-state index contributed by atoms with van der Waals surface area (Å²) in [6.07, 6.45) is 0. The molecule has 0 unspecified atom stereocenters. The standard InChI is InChI=1S/C26H29N3O5/c1-32-23-11-10-19(16-24(23)33-2)28-26(31)25(30)27-17-22(29-12-14-34-15-13-29)21-9-5-7-18-6-3-4-8-20(18)21/h3-11,16,22H,12-15,17H2,1-2H3,(H,27,30)(H,28,31)/t22-/m0/s1. The van der Waals surface area contributed by atoms with Crippen LogP contribution in [0, 0.1) is 0 Å². The van der Waals surface area contributed by atoms with Crippen molar-refractivity contribution in [3.63, 3.8) is 0 Å². The Balaban J connectivity index is 1.49. The number of morpholine rings is 1.